The van der Waals surface area contributed by atoms with E-state index >= 15 is 0 Å². The maximum Gasteiger partial charge on any atom is 0.240 e. The number of fused-ring (bicyclic) bond motifs is 2. The molecule has 0 fully saturated rings. The number of hydrogen-bond acceptors (Lipinski definition) is 5. The van der Waals surface area contributed by atoms with E-state index in [9.17, 15) is 4.79 Å². The SMILES string of the molecule is C[C@@H]1Cc2cc(-c3cc(CNC(=O)Cn4cnc5ccccc54)no3)ccc2O1. The quantitative estimate of drug-likeness (QED) is 0.567. The summed E-state index contributed by atoms with van der Waals surface area (Å²) in [4.78, 5) is 16.6. The fourth-order valence-corrected chi connectivity index (χ4v) is 3.64. The molecule has 0 bridgehead atoms. The Hall–Kier alpha value is -3.61. The average molecular weight is 388 g/mol. The summed E-state index contributed by atoms with van der Waals surface area (Å²) in [6.07, 6.45) is 2.77. The van der Waals surface area contributed by atoms with Gasteiger partial charge in [-0.25, -0.2) is 4.98 Å². The molecule has 0 spiro atoms. The Bertz CT molecular complexity index is 1190. The number of para-hydroxylation sites is 2. The van der Waals surface area contributed by atoms with Crippen molar-refractivity contribution in [1.29, 1.82) is 0 Å². The lowest BCUT2D eigenvalue weighted by Gasteiger charge is -2.05. The lowest BCUT2D eigenvalue weighted by molar-refractivity contribution is -0.121. The summed E-state index contributed by atoms with van der Waals surface area (Å²) < 4.78 is 13.0. The highest BCUT2D eigenvalue weighted by Crippen LogP contribution is 2.33. The third-order valence-electron chi connectivity index (χ3n) is 5.05. The monoisotopic (exact) mass is 388 g/mol. The minimum absolute atomic E-state index is 0.110. The lowest BCUT2D eigenvalue weighted by atomic mass is 10.1. The predicted molar refractivity (Wildman–Crippen MR) is 107 cm³/mol. The summed E-state index contributed by atoms with van der Waals surface area (Å²) in [5, 5.41) is 6.96. The van der Waals surface area contributed by atoms with Gasteiger partial charge in [0.25, 0.3) is 0 Å². The smallest absolute Gasteiger partial charge is 0.240 e. The molecule has 4 aromatic rings. The molecule has 1 aliphatic heterocycles. The molecule has 7 heteroatoms. The van der Waals surface area contributed by atoms with Crippen LogP contribution in [0.4, 0.5) is 0 Å². The molecular weight excluding hydrogens is 368 g/mol. The van der Waals surface area contributed by atoms with Crippen LogP contribution in [0.1, 0.15) is 18.2 Å². The molecule has 7 nitrogen and oxygen atoms in total. The van der Waals surface area contributed by atoms with Gasteiger partial charge in [-0.1, -0.05) is 17.3 Å². The number of imidazole rings is 1. The van der Waals surface area contributed by atoms with E-state index < -0.39 is 0 Å². The summed E-state index contributed by atoms with van der Waals surface area (Å²) in [5.41, 5.74) is 4.61. The van der Waals surface area contributed by atoms with Crippen molar-refractivity contribution in [2.24, 2.45) is 0 Å². The van der Waals surface area contributed by atoms with E-state index in [-0.39, 0.29) is 18.6 Å². The van der Waals surface area contributed by atoms with Crippen LogP contribution in [0.5, 0.6) is 5.75 Å². The van der Waals surface area contributed by atoms with Crippen molar-refractivity contribution in [3.63, 3.8) is 0 Å². The number of hydrogen-bond donors (Lipinski definition) is 1. The van der Waals surface area contributed by atoms with E-state index in [1.54, 1.807) is 6.33 Å². The maximum atomic E-state index is 12.3. The van der Waals surface area contributed by atoms with Gasteiger partial charge >= 0.3 is 0 Å². The van der Waals surface area contributed by atoms with Gasteiger partial charge in [0.1, 0.15) is 24.1 Å². The average Bonchev–Trinajstić information content (AvgIpc) is 3.44. The van der Waals surface area contributed by atoms with Crippen LogP contribution in [0.15, 0.2) is 59.4 Å². The number of nitrogens with zero attached hydrogens (tertiary/aromatic N) is 3. The Morgan fingerprint density at radius 1 is 1.24 bits per heavy atom. The van der Waals surface area contributed by atoms with E-state index in [1.807, 2.05) is 47.0 Å². The Balaban J connectivity index is 1.23. The molecule has 29 heavy (non-hydrogen) atoms. The van der Waals surface area contributed by atoms with Crippen LogP contribution in [0.25, 0.3) is 22.4 Å². The van der Waals surface area contributed by atoms with Crippen LogP contribution in [0.3, 0.4) is 0 Å². The van der Waals surface area contributed by atoms with Crippen molar-refractivity contribution in [3.05, 3.63) is 66.1 Å². The van der Waals surface area contributed by atoms with Gasteiger partial charge < -0.3 is 19.1 Å². The molecule has 0 unspecified atom stereocenters. The van der Waals surface area contributed by atoms with Crippen LogP contribution < -0.4 is 10.1 Å². The second-order valence-corrected chi connectivity index (χ2v) is 7.28. The largest absolute Gasteiger partial charge is 0.490 e. The van der Waals surface area contributed by atoms with Gasteiger partial charge in [0.05, 0.1) is 23.9 Å². The number of nitrogens with one attached hydrogen (secondary N) is 1. The fraction of sp³-hybridized carbons (Fsp3) is 0.227. The third-order valence-corrected chi connectivity index (χ3v) is 5.05. The van der Waals surface area contributed by atoms with E-state index in [1.165, 1.54) is 5.56 Å². The van der Waals surface area contributed by atoms with E-state index in [4.69, 9.17) is 9.26 Å². The number of carbonyl (C=O) groups is 1. The zero-order valence-electron chi connectivity index (χ0n) is 16.0. The Morgan fingerprint density at radius 2 is 2.14 bits per heavy atom. The van der Waals surface area contributed by atoms with Crippen LogP contribution in [-0.2, 0) is 24.3 Å². The Kier molecular flexibility index (Phi) is 4.27. The fourth-order valence-electron chi connectivity index (χ4n) is 3.64. The molecule has 3 heterocycles. The van der Waals surface area contributed by atoms with Crippen molar-refractivity contribution < 1.29 is 14.1 Å². The predicted octanol–water partition coefficient (Wildman–Crippen LogP) is 3.33. The van der Waals surface area contributed by atoms with E-state index in [0.29, 0.717) is 18.0 Å². The van der Waals surface area contributed by atoms with Gasteiger partial charge in [-0.3, -0.25) is 4.79 Å². The van der Waals surface area contributed by atoms with Gasteiger partial charge in [-0.2, -0.15) is 0 Å². The highest BCUT2D eigenvalue weighted by Gasteiger charge is 2.20. The molecule has 0 saturated heterocycles. The Morgan fingerprint density at radius 3 is 3.07 bits per heavy atom. The lowest BCUT2D eigenvalue weighted by Crippen LogP contribution is -2.26. The topological polar surface area (TPSA) is 82.2 Å². The molecule has 1 atom stereocenters. The van der Waals surface area contributed by atoms with Crippen molar-refractivity contribution in [3.8, 4) is 17.1 Å². The molecule has 0 aliphatic carbocycles. The van der Waals surface area contributed by atoms with Gasteiger partial charge in [0, 0.05) is 18.1 Å². The molecule has 1 aliphatic rings. The van der Waals surface area contributed by atoms with Crippen molar-refractivity contribution in [2.75, 3.05) is 0 Å². The van der Waals surface area contributed by atoms with Gasteiger partial charge in [-0.15, -0.1) is 0 Å². The van der Waals surface area contributed by atoms with E-state index in [2.05, 4.69) is 28.4 Å². The minimum atomic E-state index is -0.110. The summed E-state index contributed by atoms with van der Waals surface area (Å²) in [5.74, 6) is 1.50. The zero-order valence-corrected chi connectivity index (χ0v) is 16.0. The molecular formula is C22H20N4O3. The first kappa shape index (κ1) is 17.5. The molecule has 5 rings (SSSR count). The Labute approximate surface area is 167 Å². The van der Waals surface area contributed by atoms with Crippen LogP contribution in [-0.4, -0.2) is 26.7 Å². The van der Waals surface area contributed by atoms with Gasteiger partial charge in [-0.05, 0) is 42.8 Å². The van der Waals surface area contributed by atoms with Crippen LogP contribution >= 0.6 is 0 Å². The molecule has 146 valence electrons. The highest BCUT2D eigenvalue weighted by molar-refractivity contribution is 5.80. The minimum Gasteiger partial charge on any atom is -0.490 e. The summed E-state index contributed by atoms with van der Waals surface area (Å²) in [6.45, 7) is 2.57. The first-order valence-electron chi connectivity index (χ1n) is 9.58. The highest BCUT2D eigenvalue weighted by atomic mass is 16.5. The van der Waals surface area contributed by atoms with Crippen molar-refractivity contribution >= 4 is 16.9 Å². The van der Waals surface area contributed by atoms with Crippen molar-refractivity contribution in [1.82, 2.24) is 20.0 Å². The second kappa shape index (κ2) is 7.09. The first-order chi connectivity index (χ1) is 14.2. The molecule has 2 aromatic heterocycles. The van der Waals surface area contributed by atoms with E-state index in [0.717, 1.165) is 28.8 Å². The third kappa shape index (κ3) is 3.47. The van der Waals surface area contributed by atoms with Gasteiger partial charge in [0.2, 0.25) is 5.91 Å². The molecule has 0 saturated carbocycles. The van der Waals surface area contributed by atoms with Gasteiger partial charge in [0.15, 0.2) is 5.76 Å². The van der Waals surface area contributed by atoms with Crippen LogP contribution in [0.2, 0.25) is 0 Å². The molecule has 1 amide bonds. The number of aromatic nitrogens is 3. The summed E-state index contributed by atoms with van der Waals surface area (Å²) in [6, 6.07) is 15.6. The number of rotatable bonds is 5. The number of ether oxygens (including phenoxy) is 1. The zero-order chi connectivity index (χ0) is 19.8. The number of benzene rings is 2. The second-order valence-electron chi connectivity index (χ2n) is 7.28. The normalized spacial score (nSPS) is 15.3. The van der Waals surface area contributed by atoms with Crippen molar-refractivity contribution in [2.45, 2.75) is 32.5 Å². The summed E-state index contributed by atoms with van der Waals surface area (Å²) >= 11 is 0. The van der Waals surface area contributed by atoms with Crippen LogP contribution in [0, 0.1) is 0 Å². The first-order valence-corrected chi connectivity index (χ1v) is 9.58. The standard InChI is InChI=1S/C22H20N4O3/c1-14-8-16-9-15(6-7-20(16)28-14)21-10-17(25-29-21)11-23-22(27)12-26-13-24-18-4-2-3-5-19(18)26/h2-7,9-10,13-14H,8,11-12H2,1H3,(H,23,27)/t14-/m1/s1. The summed E-state index contributed by atoms with van der Waals surface area (Å²) in [7, 11) is 0. The molecule has 1 N–H and O–H groups in total. The molecule has 2 aromatic carbocycles. The maximum absolute atomic E-state index is 12.3. The molecule has 0 radical (unpaired) electrons. The number of carbonyl (C=O) groups excluding carboxylic acids is 1. The number of amides is 1.